The topological polar surface area (TPSA) is 117 Å². The van der Waals surface area contributed by atoms with Crippen molar-refractivity contribution in [3.05, 3.63) is 35.4 Å². The Kier molecular flexibility index (Phi) is 7.22. The molecule has 192 valence electrons. The lowest BCUT2D eigenvalue weighted by Crippen LogP contribution is -2.53. The van der Waals surface area contributed by atoms with E-state index >= 15 is 0 Å². The minimum atomic E-state index is -0.561. The number of nitrogens with two attached hydrogens (primary N) is 1. The summed E-state index contributed by atoms with van der Waals surface area (Å²) in [6.45, 7) is 7.08. The number of fused-ring (bicyclic) bond motifs is 3. The highest BCUT2D eigenvalue weighted by Crippen LogP contribution is 2.36. The molecule has 2 saturated heterocycles. The van der Waals surface area contributed by atoms with Gasteiger partial charge in [0.05, 0.1) is 13.2 Å². The number of amides is 2. The van der Waals surface area contributed by atoms with Crippen LogP contribution in [0.25, 0.3) is 0 Å². The number of ether oxygens (including phenoxy) is 1. The average molecular weight is 494 g/mol. The normalized spacial score (nSPS) is 19.9. The molecule has 2 fully saturated rings. The second-order valence-corrected chi connectivity index (χ2v) is 9.78. The van der Waals surface area contributed by atoms with E-state index in [1.807, 2.05) is 23.1 Å². The number of benzene rings is 1. The van der Waals surface area contributed by atoms with Crippen LogP contribution in [0.1, 0.15) is 54.9 Å². The molecule has 0 radical (unpaired) electrons. The zero-order valence-electron chi connectivity index (χ0n) is 20.9. The van der Waals surface area contributed by atoms with Crippen LogP contribution >= 0.6 is 0 Å². The van der Waals surface area contributed by atoms with Gasteiger partial charge in [-0.05, 0) is 56.5 Å². The maximum absolute atomic E-state index is 13.5. The maximum atomic E-state index is 13.5. The van der Waals surface area contributed by atoms with Gasteiger partial charge in [-0.1, -0.05) is 25.5 Å². The third kappa shape index (κ3) is 5.09. The number of anilines is 3. The van der Waals surface area contributed by atoms with Crippen LogP contribution in [0, 0.1) is 0 Å². The summed E-state index contributed by atoms with van der Waals surface area (Å²) >= 11 is 0. The predicted octanol–water partition coefficient (Wildman–Crippen LogP) is 2.51. The Morgan fingerprint density at radius 1 is 1.17 bits per heavy atom. The predicted molar refractivity (Wildman–Crippen MR) is 138 cm³/mol. The molecule has 0 saturated carbocycles. The highest BCUT2D eigenvalue weighted by Gasteiger charge is 2.39. The van der Waals surface area contributed by atoms with Crippen molar-refractivity contribution in [2.24, 2.45) is 0 Å². The molecule has 0 aliphatic carbocycles. The molecule has 3 aliphatic heterocycles. The van der Waals surface area contributed by atoms with Crippen molar-refractivity contribution in [2.45, 2.75) is 51.6 Å². The largest absolute Gasteiger partial charge is 0.463 e. The molecule has 4 heterocycles. The van der Waals surface area contributed by atoms with E-state index in [0.29, 0.717) is 43.2 Å². The van der Waals surface area contributed by atoms with Gasteiger partial charge in [0.25, 0.3) is 5.91 Å². The van der Waals surface area contributed by atoms with Crippen molar-refractivity contribution in [1.29, 1.82) is 0 Å². The second-order valence-electron chi connectivity index (χ2n) is 9.78. The number of nitrogens with one attached hydrogen (secondary N) is 1. The van der Waals surface area contributed by atoms with Crippen LogP contribution in [0.4, 0.5) is 17.3 Å². The van der Waals surface area contributed by atoms with Crippen molar-refractivity contribution < 1.29 is 14.3 Å². The Hall–Kier alpha value is -3.40. The number of carbonyl (C=O) groups is 2. The van der Waals surface area contributed by atoms with Gasteiger partial charge in [-0.3, -0.25) is 14.5 Å². The number of hydrogen-bond donors (Lipinski definition) is 2. The Bertz CT molecular complexity index is 1120. The number of hydrogen-bond acceptors (Lipinski definition) is 8. The minimum Gasteiger partial charge on any atom is -0.463 e. The van der Waals surface area contributed by atoms with Gasteiger partial charge in [0.1, 0.15) is 11.7 Å². The number of nitrogen functional groups attached to an aromatic ring is 1. The van der Waals surface area contributed by atoms with Gasteiger partial charge in [-0.25, -0.2) is 0 Å². The Labute approximate surface area is 211 Å². The SMILES string of the molecule is CCCCOc1nc(N)c2c(n1)N1CCCN(C(=O)c3cccc(CN4CCCC4)c3)CC1C(=O)N2. The minimum absolute atomic E-state index is 0.0514. The monoisotopic (exact) mass is 493 g/mol. The van der Waals surface area contributed by atoms with Crippen LogP contribution in [-0.2, 0) is 11.3 Å². The van der Waals surface area contributed by atoms with Crippen LogP contribution in [0.15, 0.2) is 24.3 Å². The molecule has 3 aliphatic rings. The van der Waals surface area contributed by atoms with Crippen LogP contribution in [0.5, 0.6) is 6.01 Å². The molecule has 0 bridgehead atoms. The van der Waals surface area contributed by atoms with Gasteiger partial charge in [0, 0.05) is 25.2 Å². The average Bonchev–Trinajstić information content (AvgIpc) is 3.27. The summed E-state index contributed by atoms with van der Waals surface area (Å²) in [7, 11) is 0. The lowest BCUT2D eigenvalue weighted by molar-refractivity contribution is -0.117. The molecule has 0 spiro atoms. The number of unbranched alkanes of at least 4 members (excludes halogenated alkanes) is 1. The summed E-state index contributed by atoms with van der Waals surface area (Å²) in [4.78, 5) is 41.6. The van der Waals surface area contributed by atoms with Crippen molar-refractivity contribution in [1.82, 2.24) is 19.8 Å². The Morgan fingerprint density at radius 2 is 2.00 bits per heavy atom. The van der Waals surface area contributed by atoms with Gasteiger partial charge in [-0.2, -0.15) is 9.97 Å². The highest BCUT2D eigenvalue weighted by atomic mass is 16.5. The summed E-state index contributed by atoms with van der Waals surface area (Å²) in [5.74, 6) is 0.482. The first kappa shape index (κ1) is 24.3. The molecule has 1 aromatic carbocycles. The first-order valence-corrected chi connectivity index (χ1v) is 13.0. The zero-order valence-corrected chi connectivity index (χ0v) is 20.9. The van der Waals surface area contributed by atoms with E-state index in [-0.39, 0.29) is 30.2 Å². The van der Waals surface area contributed by atoms with Gasteiger partial charge < -0.3 is 25.6 Å². The van der Waals surface area contributed by atoms with Crippen LogP contribution in [0.2, 0.25) is 0 Å². The molecule has 1 unspecified atom stereocenters. The van der Waals surface area contributed by atoms with Crippen molar-refractivity contribution in [3.8, 4) is 6.01 Å². The fourth-order valence-corrected chi connectivity index (χ4v) is 5.18. The van der Waals surface area contributed by atoms with E-state index in [1.165, 1.54) is 12.8 Å². The van der Waals surface area contributed by atoms with E-state index in [9.17, 15) is 9.59 Å². The van der Waals surface area contributed by atoms with E-state index in [4.69, 9.17) is 10.5 Å². The molecule has 1 aromatic heterocycles. The molecule has 36 heavy (non-hydrogen) atoms. The van der Waals surface area contributed by atoms with Gasteiger partial charge >= 0.3 is 6.01 Å². The fraction of sp³-hybridized carbons (Fsp3) is 0.538. The number of rotatable bonds is 7. The molecule has 2 aromatic rings. The summed E-state index contributed by atoms with van der Waals surface area (Å²) in [5.41, 5.74) is 8.37. The summed E-state index contributed by atoms with van der Waals surface area (Å²) in [6, 6.07) is 7.54. The number of nitrogens with zero attached hydrogens (tertiary/aromatic N) is 5. The Balaban J connectivity index is 1.34. The van der Waals surface area contributed by atoms with E-state index in [1.54, 1.807) is 4.90 Å². The first-order valence-electron chi connectivity index (χ1n) is 13.0. The van der Waals surface area contributed by atoms with E-state index < -0.39 is 6.04 Å². The van der Waals surface area contributed by atoms with E-state index in [0.717, 1.165) is 38.0 Å². The summed E-state index contributed by atoms with van der Waals surface area (Å²) in [6.07, 6.45) is 5.06. The molecular formula is C26H35N7O3. The summed E-state index contributed by atoms with van der Waals surface area (Å²) < 4.78 is 5.70. The summed E-state index contributed by atoms with van der Waals surface area (Å²) in [5, 5.41) is 2.87. The molecule has 2 amide bonds. The fourth-order valence-electron chi connectivity index (χ4n) is 5.18. The maximum Gasteiger partial charge on any atom is 0.320 e. The lowest BCUT2D eigenvalue weighted by Gasteiger charge is -2.36. The molecule has 5 rings (SSSR count). The van der Waals surface area contributed by atoms with Crippen molar-refractivity contribution >= 4 is 29.1 Å². The number of aromatic nitrogens is 2. The van der Waals surface area contributed by atoms with Crippen LogP contribution in [-0.4, -0.2) is 77.0 Å². The third-order valence-electron chi connectivity index (χ3n) is 7.11. The molecule has 10 nitrogen and oxygen atoms in total. The standard InChI is InChI=1S/C26H35N7O3/c1-2-3-14-36-26-29-22(27)21-23(30-26)33-13-7-12-32(17-20(33)24(34)28-21)25(35)19-9-6-8-18(15-19)16-31-10-4-5-11-31/h6,8-9,15,20H,2-5,7,10-14,16-17H2,1H3,(H,28,34)(H2,27,29,30). The van der Waals surface area contributed by atoms with Gasteiger partial charge in [0.2, 0.25) is 5.91 Å². The number of likely N-dealkylation sites (tertiary alicyclic amines) is 1. The molecule has 3 N–H and O–H groups in total. The van der Waals surface area contributed by atoms with Crippen molar-refractivity contribution in [3.63, 3.8) is 0 Å². The smallest absolute Gasteiger partial charge is 0.320 e. The van der Waals surface area contributed by atoms with Gasteiger partial charge in [-0.15, -0.1) is 0 Å². The molecule has 10 heteroatoms. The van der Waals surface area contributed by atoms with Gasteiger partial charge in [0.15, 0.2) is 11.6 Å². The Morgan fingerprint density at radius 3 is 2.81 bits per heavy atom. The van der Waals surface area contributed by atoms with Crippen LogP contribution in [0.3, 0.4) is 0 Å². The lowest BCUT2D eigenvalue weighted by atomic mass is 10.1. The van der Waals surface area contributed by atoms with Crippen LogP contribution < -0.4 is 20.7 Å². The zero-order chi connectivity index (χ0) is 25.1. The van der Waals surface area contributed by atoms with E-state index in [2.05, 4.69) is 33.2 Å². The first-order chi connectivity index (χ1) is 17.5. The molecular weight excluding hydrogens is 458 g/mol. The molecule has 1 atom stereocenters. The number of carbonyl (C=O) groups excluding carboxylic acids is 2. The third-order valence-corrected chi connectivity index (χ3v) is 7.11. The quantitative estimate of drug-likeness (QED) is 0.565. The highest BCUT2D eigenvalue weighted by molar-refractivity contribution is 6.06. The van der Waals surface area contributed by atoms with Crippen molar-refractivity contribution in [2.75, 3.05) is 55.3 Å². The second kappa shape index (κ2) is 10.7.